The summed E-state index contributed by atoms with van der Waals surface area (Å²) < 4.78 is 19.7. The Morgan fingerprint density at radius 2 is 1.88 bits per heavy atom. The van der Waals surface area contributed by atoms with Gasteiger partial charge >= 0.3 is 5.97 Å². The Balaban J connectivity index is 1.87. The highest BCUT2D eigenvalue weighted by Gasteiger charge is 2.68. The molecule has 0 aromatic heterocycles. The van der Waals surface area contributed by atoms with Crippen molar-refractivity contribution in [1.29, 1.82) is 0 Å². The molecule has 4 rings (SSSR count). The maximum absolute atomic E-state index is 14.6. The highest BCUT2D eigenvalue weighted by Crippen LogP contribution is 2.51. The van der Waals surface area contributed by atoms with Crippen molar-refractivity contribution in [1.82, 2.24) is 5.32 Å². The first-order chi connectivity index (χ1) is 15.4. The number of para-hydroxylation sites is 1. The van der Waals surface area contributed by atoms with Gasteiger partial charge in [-0.2, -0.15) is 11.8 Å². The Labute approximate surface area is 194 Å². The molecule has 0 radical (unpaired) electrons. The van der Waals surface area contributed by atoms with Crippen molar-refractivity contribution in [3.63, 3.8) is 0 Å². The Bertz CT molecular complexity index is 1070. The van der Waals surface area contributed by atoms with E-state index in [9.17, 15) is 18.8 Å². The van der Waals surface area contributed by atoms with Crippen molar-refractivity contribution in [3.05, 3.63) is 64.9 Å². The van der Waals surface area contributed by atoms with Crippen molar-refractivity contribution < 1.29 is 23.5 Å². The fourth-order valence-electron chi connectivity index (χ4n) is 4.79. The topological polar surface area (TPSA) is 75.7 Å². The number of halogens is 2. The minimum atomic E-state index is -1.42. The molecule has 2 aromatic rings. The van der Waals surface area contributed by atoms with Gasteiger partial charge in [-0.25, -0.2) is 9.29 Å². The summed E-state index contributed by atoms with van der Waals surface area (Å²) in [5.74, 6) is -3.83. The van der Waals surface area contributed by atoms with Crippen LogP contribution in [0.1, 0.15) is 18.0 Å². The summed E-state index contributed by atoms with van der Waals surface area (Å²) in [6, 6.07) is 11.9. The smallest absolute Gasteiger partial charge is 0.326 e. The highest BCUT2D eigenvalue weighted by molar-refractivity contribution is 7.98. The fourth-order valence-corrected chi connectivity index (χ4v) is 5.45. The molecule has 32 heavy (non-hydrogen) atoms. The number of imide groups is 1. The fraction of sp³-hybridized carbons (Fsp3) is 0.348. The van der Waals surface area contributed by atoms with E-state index in [4.69, 9.17) is 16.3 Å². The largest absolute Gasteiger partial charge is 0.468 e. The van der Waals surface area contributed by atoms with Crippen LogP contribution in [0.3, 0.4) is 0 Å². The molecule has 2 saturated heterocycles. The Morgan fingerprint density at radius 1 is 1.19 bits per heavy atom. The molecule has 0 bridgehead atoms. The summed E-state index contributed by atoms with van der Waals surface area (Å²) in [6.07, 6.45) is 2.16. The van der Waals surface area contributed by atoms with Crippen LogP contribution >= 0.6 is 23.4 Å². The number of esters is 1. The van der Waals surface area contributed by atoms with Crippen molar-refractivity contribution in [2.45, 2.75) is 18.0 Å². The van der Waals surface area contributed by atoms with Gasteiger partial charge in [0.1, 0.15) is 11.4 Å². The second-order valence-electron chi connectivity index (χ2n) is 7.85. The van der Waals surface area contributed by atoms with Crippen LogP contribution in [0.4, 0.5) is 10.1 Å². The molecule has 168 valence electrons. The summed E-state index contributed by atoms with van der Waals surface area (Å²) in [7, 11) is 1.26. The minimum Gasteiger partial charge on any atom is -0.468 e. The van der Waals surface area contributed by atoms with Gasteiger partial charge in [-0.1, -0.05) is 35.9 Å². The van der Waals surface area contributed by atoms with Crippen LogP contribution in [-0.2, 0) is 19.1 Å². The Kier molecular flexibility index (Phi) is 6.29. The third-order valence-electron chi connectivity index (χ3n) is 6.23. The molecule has 6 nitrogen and oxygen atoms in total. The van der Waals surface area contributed by atoms with Gasteiger partial charge in [-0.05, 0) is 48.3 Å². The SMILES string of the molecule is COC(=O)C1(CCSC)NC(c2ccc(Cl)cc2)C2C(=O)N(c3ccccc3F)C(=O)C21. The van der Waals surface area contributed by atoms with Crippen molar-refractivity contribution in [2.24, 2.45) is 11.8 Å². The number of hydrogen-bond acceptors (Lipinski definition) is 6. The molecule has 4 unspecified atom stereocenters. The molecule has 2 heterocycles. The maximum atomic E-state index is 14.6. The van der Waals surface area contributed by atoms with Crippen LogP contribution < -0.4 is 10.2 Å². The van der Waals surface area contributed by atoms with Gasteiger partial charge in [0, 0.05) is 11.1 Å². The van der Waals surface area contributed by atoms with Gasteiger partial charge in [0.05, 0.1) is 24.6 Å². The second kappa shape index (κ2) is 8.84. The first kappa shape index (κ1) is 22.8. The summed E-state index contributed by atoms with van der Waals surface area (Å²) >= 11 is 7.55. The Hall–Kier alpha value is -2.42. The number of nitrogens with zero attached hydrogens (tertiary/aromatic N) is 1. The molecule has 2 amide bonds. The normalized spacial score (nSPS) is 27.0. The molecule has 1 N–H and O–H groups in total. The average molecular weight is 477 g/mol. The summed E-state index contributed by atoms with van der Waals surface area (Å²) in [4.78, 5) is 41.2. The predicted molar refractivity (Wildman–Crippen MR) is 121 cm³/mol. The highest BCUT2D eigenvalue weighted by atomic mass is 35.5. The van der Waals surface area contributed by atoms with Crippen LogP contribution in [0.25, 0.3) is 0 Å². The first-order valence-electron chi connectivity index (χ1n) is 10.1. The van der Waals surface area contributed by atoms with Crippen LogP contribution in [-0.4, -0.2) is 42.4 Å². The second-order valence-corrected chi connectivity index (χ2v) is 9.27. The lowest BCUT2D eigenvalue weighted by molar-refractivity contribution is -0.152. The molecule has 0 saturated carbocycles. The number of carbonyl (C=O) groups excluding carboxylic acids is 3. The summed E-state index contributed by atoms with van der Waals surface area (Å²) in [6.45, 7) is 0. The van der Waals surface area contributed by atoms with Crippen LogP contribution in [0.15, 0.2) is 48.5 Å². The van der Waals surface area contributed by atoms with Crippen molar-refractivity contribution >= 4 is 46.8 Å². The number of nitrogens with one attached hydrogen (secondary N) is 1. The van der Waals surface area contributed by atoms with Gasteiger partial charge in [0.15, 0.2) is 0 Å². The molecule has 2 aromatic carbocycles. The average Bonchev–Trinajstić information content (AvgIpc) is 3.27. The van der Waals surface area contributed by atoms with Crippen LogP contribution in [0, 0.1) is 17.7 Å². The van der Waals surface area contributed by atoms with Crippen LogP contribution in [0.2, 0.25) is 5.02 Å². The molecule has 0 aliphatic carbocycles. The zero-order valence-electron chi connectivity index (χ0n) is 17.5. The van der Waals surface area contributed by atoms with E-state index in [1.165, 1.54) is 37.1 Å². The van der Waals surface area contributed by atoms with Crippen LogP contribution in [0.5, 0.6) is 0 Å². The lowest BCUT2D eigenvalue weighted by atomic mass is 9.78. The van der Waals surface area contributed by atoms with E-state index >= 15 is 0 Å². The third kappa shape index (κ3) is 3.50. The molecule has 4 atom stereocenters. The number of methoxy groups -OCH3 is 1. The third-order valence-corrected chi connectivity index (χ3v) is 7.09. The zero-order valence-corrected chi connectivity index (χ0v) is 19.1. The molecular formula is C23H22ClFN2O4S. The first-order valence-corrected chi connectivity index (χ1v) is 11.9. The van der Waals surface area contributed by atoms with E-state index in [1.54, 1.807) is 30.3 Å². The number of rotatable bonds is 6. The molecule has 2 fully saturated rings. The van der Waals surface area contributed by atoms with E-state index in [2.05, 4.69) is 5.32 Å². The number of ether oxygens (including phenoxy) is 1. The number of anilines is 1. The quantitative estimate of drug-likeness (QED) is 0.507. The number of carbonyl (C=O) groups is 3. The Morgan fingerprint density at radius 3 is 2.50 bits per heavy atom. The minimum absolute atomic E-state index is 0.115. The predicted octanol–water partition coefficient (Wildman–Crippen LogP) is 3.59. The number of benzene rings is 2. The van der Waals surface area contributed by atoms with E-state index in [-0.39, 0.29) is 12.1 Å². The standard InChI is InChI=1S/C23H22ClFN2O4S/c1-31-22(30)23(11-12-32-2)18-17(19(26-23)13-7-9-14(24)10-8-13)20(28)27(21(18)29)16-6-4-3-5-15(16)25/h3-10,17-19,26H,11-12H2,1-2H3. The monoisotopic (exact) mass is 476 g/mol. The number of thioether (sulfide) groups is 1. The number of amides is 2. The van der Waals surface area contributed by atoms with Gasteiger partial charge in [-0.3, -0.25) is 19.7 Å². The van der Waals surface area contributed by atoms with E-state index in [0.29, 0.717) is 16.3 Å². The number of hydrogen-bond donors (Lipinski definition) is 1. The molecular weight excluding hydrogens is 455 g/mol. The van der Waals surface area contributed by atoms with E-state index in [0.717, 1.165) is 4.90 Å². The number of fused-ring (bicyclic) bond motifs is 1. The molecule has 2 aliphatic heterocycles. The molecule has 2 aliphatic rings. The van der Waals surface area contributed by atoms with E-state index in [1.807, 2.05) is 6.26 Å². The van der Waals surface area contributed by atoms with Gasteiger partial charge in [0.2, 0.25) is 11.8 Å². The summed E-state index contributed by atoms with van der Waals surface area (Å²) in [5, 5.41) is 3.80. The van der Waals surface area contributed by atoms with Gasteiger partial charge in [0.25, 0.3) is 0 Å². The zero-order chi connectivity index (χ0) is 23.0. The van der Waals surface area contributed by atoms with Gasteiger partial charge < -0.3 is 4.74 Å². The summed E-state index contributed by atoms with van der Waals surface area (Å²) in [5.41, 5.74) is -0.828. The van der Waals surface area contributed by atoms with Gasteiger partial charge in [-0.15, -0.1) is 0 Å². The maximum Gasteiger partial charge on any atom is 0.326 e. The van der Waals surface area contributed by atoms with E-state index < -0.39 is 47.0 Å². The lowest BCUT2D eigenvalue weighted by Gasteiger charge is -2.32. The van der Waals surface area contributed by atoms with Crippen molar-refractivity contribution in [2.75, 3.05) is 24.0 Å². The lowest BCUT2D eigenvalue weighted by Crippen LogP contribution is -2.56. The molecule has 0 spiro atoms. The molecule has 9 heteroatoms. The van der Waals surface area contributed by atoms with Crippen molar-refractivity contribution in [3.8, 4) is 0 Å².